The standard InChI is InChI=1S/C25H14ClNO4/c26-19-8-6-17(7-9-19)22-15-30-23-13-20(10-11-21(23)24(22)28)31-25(29)18(14-27)12-16-4-2-1-3-5-16/h1-13,15H/b18-12+. The molecule has 4 rings (SSSR count). The molecule has 0 atom stereocenters. The highest BCUT2D eigenvalue weighted by Gasteiger charge is 2.14. The summed E-state index contributed by atoms with van der Waals surface area (Å²) in [4.78, 5) is 25.3. The van der Waals surface area contributed by atoms with Gasteiger partial charge < -0.3 is 9.15 Å². The van der Waals surface area contributed by atoms with Gasteiger partial charge in [0.25, 0.3) is 0 Å². The zero-order valence-electron chi connectivity index (χ0n) is 16.0. The average Bonchev–Trinajstić information content (AvgIpc) is 2.79. The summed E-state index contributed by atoms with van der Waals surface area (Å²) < 4.78 is 10.9. The van der Waals surface area contributed by atoms with E-state index in [9.17, 15) is 14.9 Å². The lowest BCUT2D eigenvalue weighted by Crippen LogP contribution is -2.10. The van der Waals surface area contributed by atoms with Crippen molar-refractivity contribution < 1.29 is 13.9 Å². The lowest BCUT2D eigenvalue weighted by Gasteiger charge is -2.06. The van der Waals surface area contributed by atoms with Crippen molar-refractivity contribution in [3.05, 3.63) is 105 Å². The van der Waals surface area contributed by atoms with Crippen LogP contribution in [0.2, 0.25) is 5.02 Å². The quantitative estimate of drug-likeness (QED) is 0.182. The molecular formula is C25H14ClNO4. The number of rotatable bonds is 4. The fourth-order valence-electron chi connectivity index (χ4n) is 3.02. The summed E-state index contributed by atoms with van der Waals surface area (Å²) in [6, 6.07) is 22.1. The summed E-state index contributed by atoms with van der Waals surface area (Å²) in [5, 5.41) is 10.2. The molecule has 0 aliphatic heterocycles. The van der Waals surface area contributed by atoms with Crippen molar-refractivity contribution in [2.45, 2.75) is 0 Å². The van der Waals surface area contributed by atoms with Crippen LogP contribution in [-0.2, 0) is 4.79 Å². The second-order valence-corrected chi connectivity index (χ2v) is 7.05. The highest BCUT2D eigenvalue weighted by Crippen LogP contribution is 2.24. The number of carbonyl (C=O) groups is 1. The maximum atomic E-state index is 12.9. The van der Waals surface area contributed by atoms with Gasteiger partial charge >= 0.3 is 5.97 Å². The molecule has 0 N–H and O–H groups in total. The first-order chi connectivity index (χ1) is 15.0. The van der Waals surface area contributed by atoms with Gasteiger partial charge in [-0.1, -0.05) is 54.1 Å². The van der Waals surface area contributed by atoms with E-state index in [4.69, 9.17) is 20.8 Å². The smallest absolute Gasteiger partial charge is 0.354 e. The van der Waals surface area contributed by atoms with Gasteiger partial charge in [-0.3, -0.25) is 4.79 Å². The van der Waals surface area contributed by atoms with Gasteiger partial charge in [-0.15, -0.1) is 0 Å². The van der Waals surface area contributed by atoms with Crippen LogP contribution in [0.1, 0.15) is 5.56 Å². The van der Waals surface area contributed by atoms with Crippen molar-refractivity contribution in [2.75, 3.05) is 0 Å². The van der Waals surface area contributed by atoms with Gasteiger partial charge in [0, 0.05) is 11.1 Å². The Hall–Kier alpha value is -4.14. The summed E-state index contributed by atoms with van der Waals surface area (Å²) in [6.45, 7) is 0. The normalized spacial score (nSPS) is 11.2. The molecule has 0 aliphatic carbocycles. The maximum absolute atomic E-state index is 12.9. The van der Waals surface area contributed by atoms with Crippen LogP contribution < -0.4 is 10.2 Å². The highest BCUT2D eigenvalue weighted by atomic mass is 35.5. The van der Waals surface area contributed by atoms with Crippen molar-refractivity contribution in [2.24, 2.45) is 0 Å². The topological polar surface area (TPSA) is 80.3 Å². The van der Waals surface area contributed by atoms with E-state index in [1.807, 2.05) is 12.1 Å². The Bertz CT molecular complexity index is 1400. The number of benzene rings is 3. The van der Waals surface area contributed by atoms with E-state index in [1.54, 1.807) is 48.5 Å². The molecule has 0 fully saturated rings. The Balaban J connectivity index is 1.62. The zero-order chi connectivity index (χ0) is 21.8. The molecule has 5 nitrogen and oxygen atoms in total. The lowest BCUT2D eigenvalue weighted by atomic mass is 10.1. The molecule has 0 unspecified atom stereocenters. The number of fused-ring (bicyclic) bond motifs is 1. The number of nitrogens with zero attached hydrogens (tertiary/aromatic N) is 1. The summed E-state index contributed by atoms with van der Waals surface area (Å²) in [5.41, 5.74) is 1.68. The molecule has 31 heavy (non-hydrogen) atoms. The summed E-state index contributed by atoms with van der Waals surface area (Å²) in [6.07, 6.45) is 2.80. The third-order valence-corrected chi connectivity index (χ3v) is 4.81. The summed E-state index contributed by atoms with van der Waals surface area (Å²) >= 11 is 5.90. The number of nitriles is 1. The van der Waals surface area contributed by atoms with E-state index in [-0.39, 0.29) is 22.3 Å². The van der Waals surface area contributed by atoms with E-state index in [1.165, 1.54) is 30.5 Å². The minimum atomic E-state index is -0.800. The third-order valence-electron chi connectivity index (χ3n) is 4.56. The van der Waals surface area contributed by atoms with Gasteiger partial charge in [-0.25, -0.2) is 4.79 Å². The predicted molar refractivity (Wildman–Crippen MR) is 119 cm³/mol. The Labute approximate surface area is 182 Å². The van der Waals surface area contributed by atoms with E-state index in [2.05, 4.69) is 0 Å². The molecule has 4 aromatic rings. The first kappa shape index (κ1) is 20.1. The van der Waals surface area contributed by atoms with Crippen LogP contribution in [0.25, 0.3) is 28.2 Å². The molecule has 3 aromatic carbocycles. The Morgan fingerprint density at radius 3 is 2.48 bits per heavy atom. The van der Waals surface area contributed by atoms with E-state index >= 15 is 0 Å². The van der Waals surface area contributed by atoms with Crippen LogP contribution in [0.4, 0.5) is 0 Å². The minimum absolute atomic E-state index is 0.147. The second kappa shape index (κ2) is 8.70. The van der Waals surface area contributed by atoms with E-state index in [0.29, 0.717) is 27.1 Å². The second-order valence-electron chi connectivity index (χ2n) is 6.61. The Morgan fingerprint density at radius 2 is 1.77 bits per heavy atom. The van der Waals surface area contributed by atoms with Gasteiger partial charge in [0.15, 0.2) is 5.43 Å². The van der Waals surface area contributed by atoms with Gasteiger partial charge in [0.05, 0.1) is 10.9 Å². The summed E-state index contributed by atoms with van der Waals surface area (Å²) in [5.74, 6) is -0.639. The molecule has 150 valence electrons. The van der Waals surface area contributed by atoms with Gasteiger partial charge in [0.1, 0.15) is 29.2 Å². The van der Waals surface area contributed by atoms with Crippen molar-refractivity contribution >= 4 is 34.6 Å². The molecule has 6 heteroatoms. The molecule has 0 aliphatic rings. The predicted octanol–water partition coefficient (Wildman–Crippen LogP) is 5.63. The van der Waals surface area contributed by atoms with Crippen molar-refractivity contribution in [3.63, 3.8) is 0 Å². The van der Waals surface area contributed by atoms with Crippen molar-refractivity contribution in [1.29, 1.82) is 5.26 Å². The summed E-state index contributed by atoms with van der Waals surface area (Å²) in [7, 11) is 0. The van der Waals surface area contributed by atoms with Gasteiger partial charge in [0.2, 0.25) is 0 Å². The molecule has 0 amide bonds. The maximum Gasteiger partial charge on any atom is 0.354 e. The van der Waals surface area contributed by atoms with Gasteiger partial charge in [-0.2, -0.15) is 5.26 Å². The largest absolute Gasteiger partial charge is 0.463 e. The Morgan fingerprint density at radius 1 is 1.03 bits per heavy atom. The molecule has 0 radical (unpaired) electrons. The van der Waals surface area contributed by atoms with E-state index in [0.717, 1.165) is 0 Å². The number of ether oxygens (including phenoxy) is 1. The molecule has 0 saturated heterocycles. The SMILES string of the molecule is N#C/C(=C\c1ccccc1)C(=O)Oc1ccc2c(=O)c(-c3ccc(Cl)cc3)coc2c1. The molecule has 0 bridgehead atoms. The number of halogens is 1. The molecule has 0 saturated carbocycles. The minimum Gasteiger partial charge on any atom is -0.463 e. The zero-order valence-corrected chi connectivity index (χ0v) is 16.8. The van der Waals surface area contributed by atoms with E-state index < -0.39 is 5.97 Å². The van der Waals surface area contributed by atoms with Crippen LogP contribution in [0.3, 0.4) is 0 Å². The van der Waals surface area contributed by atoms with Crippen LogP contribution >= 0.6 is 11.6 Å². The van der Waals surface area contributed by atoms with Crippen LogP contribution in [0.5, 0.6) is 5.75 Å². The molecular weight excluding hydrogens is 414 g/mol. The number of carbonyl (C=O) groups excluding carboxylic acids is 1. The Kier molecular flexibility index (Phi) is 5.65. The monoisotopic (exact) mass is 427 g/mol. The first-order valence-electron chi connectivity index (χ1n) is 9.26. The molecule has 1 heterocycles. The number of esters is 1. The van der Waals surface area contributed by atoms with Crippen LogP contribution in [0.15, 0.2) is 93.8 Å². The third kappa shape index (κ3) is 4.40. The number of hydrogen-bond acceptors (Lipinski definition) is 5. The van der Waals surface area contributed by atoms with Crippen molar-refractivity contribution in [1.82, 2.24) is 0 Å². The fraction of sp³-hybridized carbons (Fsp3) is 0. The highest BCUT2D eigenvalue weighted by molar-refractivity contribution is 6.30. The lowest BCUT2D eigenvalue weighted by molar-refractivity contribution is -0.129. The molecule has 0 spiro atoms. The number of hydrogen-bond donors (Lipinski definition) is 0. The first-order valence-corrected chi connectivity index (χ1v) is 9.63. The fourth-order valence-corrected chi connectivity index (χ4v) is 3.14. The average molecular weight is 428 g/mol. The van der Waals surface area contributed by atoms with Gasteiger partial charge in [-0.05, 0) is 41.5 Å². The van der Waals surface area contributed by atoms with Crippen LogP contribution in [-0.4, -0.2) is 5.97 Å². The van der Waals surface area contributed by atoms with Crippen LogP contribution in [0, 0.1) is 11.3 Å². The molecule has 1 aromatic heterocycles. The van der Waals surface area contributed by atoms with Crippen molar-refractivity contribution in [3.8, 4) is 22.9 Å².